The molecule has 1 aliphatic heterocycles. The van der Waals surface area contributed by atoms with Gasteiger partial charge in [-0.25, -0.2) is 9.97 Å². The Kier molecular flexibility index (Phi) is 11.4. The van der Waals surface area contributed by atoms with E-state index in [-0.39, 0.29) is 22.8 Å². The molecule has 1 saturated heterocycles. The van der Waals surface area contributed by atoms with E-state index in [0.717, 1.165) is 82.5 Å². The lowest BCUT2D eigenvalue weighted by Crippen LogP contribution is -2.63. The second kappa shape index (κ2) is 15.5. The molecule has 2 aromatic heterocycles. The number of aryl methyl sites for hydroxylation is 1. The summed E-state index contributed by atoms with van der Waals surface area (Å²) in [4.78, 5) is 51.6. The standard InChI is InChI=1S/C40H52N6O4/c1-28-35(15-12-32(26-48)42-28)44(7)29(2)34-14-13-33(23-31(34)25-47)50-22-10-8-9-17-45-18-20-46(21-19-45)36-16-11-30(24-41-36)37(49)43-38-39(3,4)27-40(38,5)6/h11-16,23-26,38H,2,8-10,17-22,27H2,1,3-7H3,(H,43,49). The van der Waals surface area contributed by atoms with E-state index in [0.29, 0.717) is 46.1 Å². The zero-order valence-corrected chi connectivity index (χ0v) is 30.5. The van der Waals surface area contributed by atoms with Crippen molar-refractivity contribution in [3.05, 3.63) is 83.3 Å². The van der Waals surface area contributed by atoms with Crippen LogP contribution in [-0.4, -0.2) is 85.8 Å². The maximum absolute atomic E-state index is 12.9. The van der Waals surface area contributed by atoms with Crippen molar-refractivity contribution in [3.63, 3.8) is 0 Å². The summed E-state index contributed by atoms with van der Waals surface area (Å²) in [5.74, 6) is 1.53. The maximum Gasteiger partial charge on any atom is 0.253 e. The van der Waals surface area contributed by atoms with Crippen molar-refractivity contribution in [2.24, 2.45) is 10.8 Å². The second-order valence-electron chi connectivity index (χ2n) is 15.0. The summed E-state index contributed by atoms with van der Waals surface area (Å²) in [6.45, 7) is 20.3. The van der Waals surface area contributed by atoms with Crippen molar-refractivity contribution in [2.45, 2.75) is 66.3 Å². The Morgan fingerprint density at radius 1 is 1.00 bits per heavy atom. The number of pyridine rings is 2. The molecule has 50 heavy (non-hydrogen) atoms. The van der Waals surface area contributed by atoms with E-state index in [9.17, 15) is 14.4 Å². The predicted octanol–water partition coefficient (Wildman–Crippen LogP) is 6.44. The normalized spacial score (nSPS) is 17.0. The van der Waals surface area contributed by atoms with Crippen LogP contribution >= 0.6 is 0 Å². The lowest BCUT2D eigenvalue weighted by molar-refractivity contribution is -0.0366. The Balaban J connectivity index is 1.00. The summed E-state index contributed by atoms with van der Waals surface area (Å²) in [5.41, 5.74) is 4.57. The number of piperazine rings is 1. The minimum Gasteiger partial charge on any atom is -0.494 e. The van der Waals surface area contributed by atoms with Crippen LogP contribution in [0, 0.1) is 17.8 Å². The predicted molar refractivity (Wildman–Crippen MR) is 199 cm³/mol. The Hall–Kier alpha value is -4.57. The molecule has 2 aliphatic rings. The summed E-state index contributed by atoms with van der Waals surface area (Å²) in [5, 5.41) is 3.25. The Labute approximate surface area is 296 Å². The highest BCUT2D eigenvalue weighted by molar-refractivity contribution is 5.94. The van der Waals surface area contributed by atoms with Gasteiger partial charge in [0, 0.05) is 62.3 Å². The van der Waals surface area contributed by atoms with Gasteiger partial charge >= 0.3 is 0 Å². The molecule has 0 radical (unpaired) electrons. The number of aromatic nitrogens is 2. The largest absolute Gasteiger partial charge is 0.494 e. The second-order valence-corrected chi connectivity index (χ2v) is 15.0. The first-order valence-corrected chi connectivity index (χ1v) is 17.6. The van der Waals surface area contributed by atoms with Gasteiger partial charge in [-0.05, 0) is 92.4 Å². The number of carbonyl (C=O) groups excluding carboxylic acids is 3. The van der Waals surface area contributed by atoms with Crippen LogP contribution in [0.25, 0.3) is 5.70 Å². The van der Waals surface area contributed by atoms with Gasteiger partial charge in [-0.15, -0.1) is 0 Å². The van der Waals surface area contributed by atoms with Gasteiger partial charge in [0.25, 0.3) is 5.91 Å². The zero-order valence-electron chi connectivity index (χ0n) is 30.5. The van der Waals surface area contributed by atoms with E-state index in [1.54, 1.807) is 18.3 Å². The van der Waals surface area contributed by atoms with Crippen molar-refractivity contribution in [2.75, 3.05) is 56.2 Å². The molecule has 1 aromatic carbocycles. The number of hydrogen-bond donors (Lipinski definition) is 1. The third-order valence-corrected chi connectivity index (χ3v) is 10.3. The number of benzene rings is 1. The number of rotatable bonds is 15. The summed E-state index contributed by atoms with van der Waals surface area (Å²) in [6, 6.07) is 13.0. The van der Waals surface area contributed by atoms with Gasteiger partial charge in [-0.1, -0.05) is 34.3 Å². The van der Waals surface area contributed by atoms with Crippen LogP contribution in [0.3, 0.4) is 0 Å². The Morgan fingerprint density at radius 3 is 2.36 bits per heavy atom. The molecule has 266 valence electrons. The van der Waals surface area contributed by atoms with Crippen LogP contribution in [0.4, 0.5) is 11.5 Å². The average Bonchev–Trinajstić information content (AvgIpc) is 3.11. The lowest BCUT2D eigenvalue weighted by Gasteiger charge is -2.57. The first kappa shape index (κ1) is 36.7. The zero-order chi connectivity index (χ0) is 36.1. The molecule has 10 nitrogen and oxygen atoms in total. The number of hydrogen-bond acceptors (Lipinski definition) is 9. The molecule has 3 heterocycles. The van der Waals surface area contributed by atoms with Crippen molar-refractivity contribution in [1.82, 2.24) is 20.2 Å². The summed E-state index contributed by atoms with van der Waals surface area (Å²) >= 11 is 0. The number of amides is 1. The van der Waals surface area contributed by atoms with E-state index in [2.05, 4.69) is 59.4 Å². The highest BCUT2D eigenvalue weighted by Crippen LogP contribution is 2.53. The molecule has 0 spiro atoms. The van der Waals surface area contributed by atoms with Gasteiger partial charge in [0.05, 0.1) is 23.6 Å². The van der Waals surface area contributed by atoms with Crippen LogP contribution in [0.2, 0.25) is 0 Å². The van der Waals surface area contributed by atoms with Crippen LogP contribution < -0.4 is 19.9 Å². The van der Waals surface area contributed by atoms with Crippen LogP contribution in [0.15, 0.2) is 55.2 Å². The van der Waals surface area contributed by atoms with Crippen LogP contribution in [-0.2, 0) is 0 Å². The number of unbranched alkanes of at least 4 members (excludes halogenated alkanes) is 2. The molecule has 0 atom stereocenters. The SMILES string of the molecule is C=C(c1ccc(OCCCCCN2CCN(c3ccc(C(=O)NC4C(C)(C)CC4(C)C)cn3)CC2)cc1C=O)N(C)c1ccc(C=O)nc1C. The summed E-state index contributed by atoms with van der Waals surface area (Å²) < 4.78 is 6.00. The molecule has 0 unspecified atom stereocenters. The molecule has 2 fully saturated rings. The van der Waals surface area contributed by atoms with E-state index in [1.165, 1.54) is 0 Å². The van der Waals surface area contributed by atoms with E-state index >= 15 is 0 Å². The summed E-state index contributed by atoms with van der Waals surface area (Å²) in [7, 11) is 1.86. The number of anilines is 2. The van der Waals surface area contributed by atoms with Gasteiger partial charge in [0.15, 0.2) is 12.6 Å². The lowest BCUT2D eigenvalue weighted by atomic mass is 9.52. The number of nitrogens with one attached hydrogen (secondary N) is 1. The minimum atomic E-state index is -0.0482. The van der Waals surface area contributed by atoms with Gasteiger partial charge < -0.3 is 19.9 Å². The van der Waals surface area contributed by atoms with E-state index in [4.69, 9.17) is 4.74 Å². The molecular weight excluding hydrogens is 628 g/mol. The average molecular weight is 681 g/mol. The Bertz CT molecular complexity index is 1680. The monoisotopic (exact) mass is 680 g/mol. The number of ether oxygens (including phenoxy) is 1. The minimum absolute atomic E-state index is 0.0482. The van der Waals surface area contributed by atoms with Crippen molar-refractivity contribution < 1.29 is 19.1 Å². The van der Waals surface area contributed by atoms with Crippen molar-refractivity contribution >= 4 is 35.7 Å². The molecule has 1 saturated carbocycles. The first-order valence-electron chi connectivity index (χ1n) is 17.6. The maximum atomic E-state index is 12.9. The fraction of sp³-hybridized carbons (Fsp3) is 0.475. The third kappa shape index (κ3) is 8.41. The molecule has 3 aromatic rings. The van der Waals surface area contributed by atoms with Gasteiger partial charge in [-0.3, -0.25) is 19.3 Å². The van der Waals surface area contributed by atoms with Crippen molar-refractivity contribution in [3.8, 4) is 5.75 Å². The van der Waals surface area contributed by atoms with Gasteiger partial charge in [-0.2, -0.15) is 0 Å². The fourth-order valence-corrected chi connectivity index (χ4v) is 7.93. The van der Waals surface area contributed by atoms with Gasteiger partial charge in [0.2, 0.25) is 0 Å². The van der Waals surface area contributed by atoms with Crippen LogP contribution in [0.1, 0.15) is 95.8 Å². The van der Waals surface area contributed by atoms with E-state index < -0.39 is 0 Å². The molecule has 10 heteroatoms. The highest BCUT2D eigenvalue weighted by Gasteiger charge is 2.53. The number of carbonyl (C=O) groups is 3. The molecule has 5 rings (SSSR count). The molecule has 1 amide bonds. The molecule has 1 aliphatic carbocycles. The topological polar surface area (TPSA) is 108 Å². The van der Waals surface area contributed by atoms with Crippen molar-refractivity contribution in [1.29, 1.82) is 0 Å². The molecule has 1 N–H and O–H groups in total. The first-order chi connectivity index (χ1) is 23.8. The molecule has 0 bridgehead atoms. The third-order valence-electron chi connectivity index (χ3n) is 10.3. The number of nitrogens with zero attached hydrogens (tertiary/aromatic N) is 5. The van der Waals surface area contributed by atoms with Crippen LogP contribution in [0.5, 0.6) is 5.75 Å². The highest BCUT2D eigenvalue weighted by atomic mass is 16.5. The Morgan fingerprint density at radius 2 is 1.74 bits per heavy atom. The van der Waals surface area contributed by atoms with Gasteiger partial charge in [0.1, 0.15) is 17.3 Å². The fourth-order valence-electron chi connectivity index (χ4n) is 7.93. The van der Waals surface area contributed by atoms with E-state index in [1.807, 2.05) is 49.2 Å². The molecular formula is C40H52N6O4. The summed E-state index contributed by atoms with van der Waals surface area (Å²) in [6.07, 6.45) is 7.42. The smallest absolute Gasteiger partial charge is 0.253 e. The quantitative estimate of drug-likeness (QED) is 0.143. The number of aldehydes is 2.